The number of carbonyl (C=O) groups is 2. The number of benzene rings is 2. The average molecular weight is 345 g/mol. The lowest BCUT2D eigenvalue weighted by Crippen LogP contribution is -2.27. The van der Waals surface area contributed by atoms with Gasteiger partial charge in [0, 0.05) is 29.4 Å². The molecule has 1 aliphatic rings. The van der Waals surface area contributed by atoms with Gasteiger partial charge in [-0.2, -0.15) is 0 Å². The number of anilines is 2. The fraction of sp³-hybridized carbons (Fsp3) is 0.176. The predicted molar refractivity (Wildman–Crippen MR) is 92.9 cm³/mol. The highest BCUT2D eigenvalue weighted by Gasteiger charge is 2.20. The number of halogens is 1. The van der Waals surface area contributed by atoms with E-state index in [1.54, 1.807) is 41.3 Å². The topological polar surface area (TPSA) is 61.4 Å². The third-order valence-electron chi connectivity index (χ3n) is 3.50. The molecule has 1 saturated heterocycles. The summed E-state index contributed by atoms with van der Waals surface area (Å²) in [6.07, 6.45) is 0. The Morgan fingerprint density at radius 2 is 1.88 bits per heavy atom. The summed E-state index contributed by atoms with van der Waals surface area (Å²) in [5, 5.41) is 5.54. The number of nitrogens with zero attached hydrogens (tertiary/aromatic N) is 1. The average Bonchev–Trinajstić information content (AvgIpc) is 3.01. The van der Waals surface area contributed by atoms with E-state index in [1.807, 2.05) is 0 Å². The van der Waals surface area contributed by atoms with Crippen molar-refractivity contribution >= 4 is 35.1 Å². The number of hydrogen-bond donors (Lipinski definition) is 2. The van der Waals surface area contributed by atoms with Crippen LogP contribution in [0, 0.1) is 5.82 Å². The van der Waals surface area contributed by atoms with Gasteiger partial charge in [-0.15, -0.1) is 11.8 Å². The Bertz CT molecular complexity index is 735. The van der Waals surface area contributed by atoms with Gasteiger partial charge < -0.3 is 10.6 Å². The van der Waals surface area contributed by atoms with E-state index in [9.17, 15) is 14.0 Å². The molecule has 0 saturated carbocycles. The molecule has 0 spiro atoms. The van der Waals surface area contributed by atoms with E-state index in [0.29, 0.717) is 18.8 Å². The van der Waals surface area contributed by atoms with Crippen LogP contribution in [0.5, 0.6) is 0 Å². The molecule has 1 aliphatic heterocycles. The summed E-state index contributed by atoms with van der Waals surface area (Å²) in [5.74, 6) is -0.200. The molecule has 124 valence electrons. The maximum Gasteiger partial charge on any atom is 0.321 e. The Morgan fingerprint density at radius 3 is 2.50 bits per heavy atom. The minimum atomic E-state index is -0.296. The van der Waals surface area contributed by atoms with Gasteiger partial charge in [-0.1, -0.05) is 0 Å². The summed E-state index contributed by atoms with van der Waals surface area (Å²) < 4.78 is 12.8. The standard InChI is InChI=1S/C17H16FN3O2S/c18-12-1-7-15(8-2-12)24-11-16(22)20-13-3-5-14(6-4-13)21-10-9-19-17(21)23/h1-8H,9-11H2,(H,19,23)(H,20,22). The normalized spacial score (nSPS) is 13.7. The van der Waals surface area contributed by atoms with Gasteiger partial charge in [0.2, 0.25) is 5.91 Å². The van der Waals surface area contributed by atoms with Crippen molar-refractivity contribution in [1.82, 2.24) is 5.32 Å². The monoisotopic (exact) mass is 345 g/mol. The third-order valence-corrected chi connectivity index (χ3v) is 4.52. The Hall–Kier alpha value is -2.54. The molecule has 2 N–H and O–H groups in total. The van der Waals surface area contributed by atoms with Crippen molar-refractivity contribution in [3.05, 3.63) is 54.3 Å². The minimum absolute atomic E-state index is 0.109. The van der Waals surface area contributed by atoms with E-state index in [2.05, 4.69) is 10.6 Å². The van der Waals surface area contributed by atoms with Gasteiger partial charge in [0.25, 0.3) is 0 Å². The van der Waals surface area contributed by atoms with Gasteiger partial charge in [-0.05, 0) is 48.5 Å². The lowest BCUT2D eigenvalue weighted by molar-refractivity contribution is -0.113. The molecule has 0 radical (unpaired) electrons. The number of amides is 3. The highest BCUT2D eigenvalue weighted by Crippen LogP contribution is 2.21. The van der Waals surface area contributed by atoms with Crippen molar-refractivity contribution in [1.29, 1.82) is 0 Å². The lowest BCUT2D eigenvalue weighted by Gasteiger charge is -2.14. The Morgan fingerprint density at radius 1 is 1.17 bits per heavy atom. The summed E-state index contributed by atoms with van der Waals surface area (Å²) in [5.41, 5.74) is 1.46. The van der Waals surface area contributed by atoms with Crippen molar-refractivity contribution in [2.75, 3.05) is 29.1 Å². The van der Waals surface area contributed by atoms with Gasteiger partial charge in [0.15, 0.2) is 0 Å². The lowest BCUT2D eigenvalue weighted by atomic mass is 10.2. The molecule has 5 nitrogen and oxygen atoms in total. The molecule has 0 bridgehead atoms. The highest BCUT2D eigenvalue weighted by molar-refractivity contribution is 8.00. The van der Waals surface area contributed by atoms with Crippen LogP contribution in [0.25, 0.3) is 0 Å². The van der Waals surface area contributed by atoms with Gasteiger partial charge >= 0.3 is 6.03 Å². The predicted octanol–water partition coefficient (Wildman–Crippen LogP) is 3.09. The van der Waals surface area contributed by atoms with E-state index < -0.39 is 0 Å². The number of carbonyl (C=O) groups excluding carboxylic acids is 2. The summed E-state index contributed by atoms with van der Waals surface area (Å²) >= 11 is 1.34. The van der Waals surface area contributed by atoms with Crippen LogP contribution in [0.2, 0.25) is 0 Å². The van der Waals surface area contributed by atoms with Crippen molar-refractivity contribution < 1.29 is 14.0 Å². The van der Waals surface area contributed by atoms with E-state index in [0.717, 1.165) is 10.6 Å². The van der Waals surface area contributed by atoms with E-state index in [4.69, 9.17) is 0 Å². The van der Waals surface area contributed by atoms with Crippen LogP contribution in [0.4, 0.5) is 20.6 Å². The zero-order valence-corrected chi connectivity index (χ0v) is 13.6. The smallest absolute Gasteiger partial charge is 0.321 e. The molecule has 7 heteroatoms. The Labute approximate surface area is 143 Å². The second-order valence-electron chi connectivity index (χ2n) is 5.22. The molecule has 2 aromatic rings. The van der Waals surface area contributed by atoms with Gasteiger partial charge in [-0.3, -0.25) is 9.69 Å². The fourth-order valence-electron chi connectivity index (χ4n) is 2.32. The SMILES string of the molecule is O=C(CSc1ccc(F)cc1)Nc1ccc(N2CCNC2=O)cc1. The first kappa shape index (κ1) is 16.3. The van der Waals surface area contributed by atoms with E-state index in [-0.39, 0.29) is 23.5 Å². The number of rotatable bonds is 5. The second kappa shape index (κ2) is 7.35. The number of hydrogen-bond acceptors (Lipinski definition) is 3. The van der Waals surface area contributed by atoms with Crippen molar-refractivity contribution in [2.45, 2.75) is 4.90 Å². The van der Waals surface area contributed by atoms with Crippen LogP contribution >= 0.6 is 11.8 Å². The summed E-state index contributed by atoms with van der Waals surface area (Å²) in [6.45, 7) is 1.27. The van der Waals surface area contributed by atoms with Crippen LogP contribution < -0.4 is 15.5 Å². The third kappa shape index (κ3) is 4.05. The highest BCUT2D eigenvalue weighted by atomic mass is 32.2. The summed E-state index contributed by atoms with van der Waals surface area (Å²) in [4.78, 5) is 26.0. The quantitative estimate of drug-likeness (QED) is 0.819. The zero-order chi connectivity index (χ0) is 16.9. The van der Waals surface area contributed by atoms with Crippen LogP contribution in [0.15, 0.2) is 53.4 Å². The maximum atomic E-state index is 12.8. The largest absolute Gasteiger partial charge is 0.336 e. The van der Waals surface area contributed by atoms with Gasteiger partial charge in [0.05, 0.1) is 5.75 Å². The number of nitrogens with one attached hydrogen (secondary N) is 2. The van der Waals surface area contributed by atoms with Crippen LogP contribution in [-0.2, 0) is 4.79 Å². The summed E-state index contributed by atoms with van der Waals surface area (Å²) in [6, 6.07) is 13.0. The molecule has 2 aromatic carbocycles. The second-order valence-corrected chi connectivity index (χ2v) is 6.27. The first-order valence-electron chi connectivity index (χ1n) is 7.45. The minimum Gasteiger partial charge on any atom is -0.336 e. The van der Waals surface area contributed by atoms with E-state index in [1.165, 1.54) is 23.9 Å². The van der Waals surface area contributed by atoms with Gasteiger partial charge in [-0.25, -0.2) is 9.18 Å². The molecule has 24 heavy (non-hydrogen) atoms. The van der Waals surface area contributed by atoms with E-state index >= 15 is 0 Å². The maximum absolute atomic E-state index is 12.8. The Kier molecular flexibility index (Phi) is 5.00. The number of urea groups is 1. The molecule has 1 heterocycles. The fourth-order valence-corrected chi connectivity index (χ4v) is 3.02. The number of thioether (sulfide) groups is 1. The van der Waals surface area contributed by atoms with Crippen LogP contribution in [0.3, 0.4) is 0 Å². The van der Waals surface area contributed by atoms with Crippen molar-refractivity contribution in [3.8, 4) is 0 Å². The first-order valence-corrected chi connectivity index (χ1v) is 8.44. The summed E-state index contributed by atoms with van der Waals surface area (Å²) in [7, 11) is 0. The molecule has 1 fully saturated rings. The molecule has 3 rings (SSSR count). The molecule has 0 aromatic heterocycles. The van der Waals surface area contributed by atoms with Crippen molar-refractivity contribution in [3.63, 3.8) is 0 Å². The first-order chi connectivity index (χ1) is 11.6. The van der Waals surface area contributed by atoms with Crippen LogP contribution in [0.1, 0.15) is 0 Å². The van der Waals surface area contributed by atoms with Crippen molar-refractivity contribution in [2.24, 2.45) is 0 Å². The van der Waals surface area contributed by atoms with Gasteiger partial charge in [0.1, 0.15) is 5.82 Å². The molecule has 0 atom stereocenters. The molecular formula is C17H16FN3O2S. The molecular weight excluding hydrogens is 329 g/mol. The molecule has 0 aliphatic carbocycles. The Balaban J connectivity index is 1.52. The molecule has 3 amide bonds. The zero-order valence-electron chi connectivity index (χ0n) is 12.8. The molecule has 0 unspecified atom stereocenters. The van der Waals surface area contributed by atoms with Crippen LogP contribution in [-0.4, -0.2) is 30.8 Å².